The molecule has 0 bridgehead atoms. The van der Waals surface area contributed by atoms with E-state index in [1.807, 2.05) is 65.5 Å². The molecule has 0 spiro atoms. The number of hydrogen-bond acceptors (Lipinski definition) is 4. The molecule has 0 unspecified atom stereocenters. The van der Waals surface area contributed by atoms with Gasteiger partial charge in [0.15, 0.2) is 0 Å². The van der Waals surface area contributed by atoms with Crippen LogP contribution in [0.5, 0.6) is 0 Å². The number of hydrogen-bond donors (Lipinski definition) is 2. The zero-order valence-corrected chi connectivity index (χ0v) is 13.7. The summed E-state index contributed by atoms with van der Waals surface area (Å²) in [7, 11) is 0. The SMILES string of the molecule is O=C(/C=C/c1ccccc1)NCCNc1cc(-n2cccc2)ncn1. The summed E-state index contributed by atoms with van der Waals surface area (Å²) in [5, 5.41) is 6.00. The number of carbonyl (C=O) groups is 1. The molecule has 2 aromatic heterocycles. The molecule has 0 radical (unpaired) electrons. The topological polar surface area (TPSA) is 71.8 Å². The summed E-state index contributed by atoms with van der Waals surface area (Å²) in [5.41, 5.74) is 0.995. The third-order valence-electron chi connectivity index (χ3n) is 3.48. The fraction of sp³-hybridized carbons (Fsp3) is 0.105. The van der Waals surface area contributed by atoms with E-state index < -0.39 is 0 Å². The molecule has 0 aliphatic carbocycles. The van der Waals surface area contributed by atoms with Crippen LogP contribution in [0.2, 0.25) is 0 Å². The standard InChI is InChI=1S/C19H19N5O/c25-19(9-8-16-6-2-1-3-7-16)21-11-10-20-17-14-18(23-15-22-17)24-12-4-5-13-24/h1-9,12-15H,10-11H2,(H,21,25)(H,20,22,23)/b9-8+. The smallest absolute Gasteiger partial charge is 0.244 e. The summed E-state index contributed by atoms with van der Waals surface area (Å²) >= 11 is 0. The molecule has 3 rings (SSSR count). The van der Waals surface area contributed by atoms with Crippen LogP contribution in [0, 0.1) is 0 Å². The minimum atomic E-state index is -0.124. The molecule has 0 aliphatic rings. The van der Waals surface area contributed by atoms with Crippen LogP contribution in [0.3, 0.4) is 0 Å². The first-order valence-corrected chi connectivity index (χ1v) is 8.01. The lowest BCUT2D eigenvalue weighted by molar-refractivity contribution is -0.116. The lowest BCUT2D eigenvalue weighted by atomic mass is 10.2. The number of benzene rings is 1. The first-order chi connectivity index (χ1) is 12.3. The Kier molecular flexibility index (Phi) is 5.56. The van der Waals surface area contributed by atoms with Gasteiger partial charge in [0.05, 0.1) is 0 Å². The maximum Gasteiger partial charge on any atom is 0.244 e. The lowest BCUT2D eigenvalue weighted by Gasteiger charge is -2.07. The monoisotopic (exact) mass is 333 g/mol. The van der Waals surface area contributed by atoms with Crippen molar-refractivity contribution in [2.45, 2.75) is 0 Å². The van der Waals surface area contributed by atoms with Gasteiger partial charge in [0, 0.05) is 37.6 Å². The highest BCUT2D eigenvalue weighted by Crippen LogP contribution is 2.08. The van der Waals surface area contributed by atoms with Gasteiger partial charge in [0.2, 0.25) is 5.91 Å². The molecule has 0 atom stereocenters. The van der Waals surface area contributed by atoms with Crippen molar-refractivity contribution in [3.63, 3.8) is 0 Å². The Labute approximate surface area is 146 Å². The van der Waals surface area contributed by atoms with Gasteiger partial charge in [-0.1, -0.05) is 30.3 Å². The van der Waals surface area contributed by atoms with E-state index in [1.165, 1.54) is 12.4 Å². The van der Waals surface area contributed by atoms with Crippen molar-refractivity contribution in [1.82, 2.24) is 19.9 Å². The fourth-order valence-corrected chi connectivity index (χ4v) is 2.24. The number of carbonyl (C=O) groups excluding carboxylic acids is 1. The Morgan fingerprint density at radius 3 is 2.64 bits per heavy atom. The average Bonchev–Trinajstić information content (AvgIpc) is 3.19. The highest BCUT2D eigenvalue weighted by molar-refractivity contribution is 5.91. The highest BCUT2D eigenvalue weighted by atomic mass is 16.1. The van der Waals surface area contributed by atoms with Crippen LogP contribution in [0.1, 0.15) is 5.56 Å². The van der Waals surface area contributed by atoms with Crippen LogP contribution in [0.25, 0.3) is 11.9 Å². The van der Waals surface area contributed by atoms with Gasteiger partial charge in [0.25, 0.3) is 0 Å². The molecule has 0 aliphatic heterocycles. The van der Waals surface area contributed by atoms with Crippen LogP contribution in [0.15, 0.2) is 73.3 Å². The fourth-order valence-electron chi connectivity index (χ4n) is 2.24. The molecule has 0 saturated heterocycles. The number of rotatable bonds is 7. The molecule has 6 heteroatoms. The number of nitrogens with one attached hydrogen (secondary N) is 2. The molecule has 0 fully saturated rings. The Morgan fingerprint density at radius 2 is 1.84 bits per heavy atom. The van der Waals surface area contributed by atoms with Gasteiger partial charge >= 0.3 is 0 Å². The van der Waals surface area contributed by atoms with E-state index in [0.29, 0.717) is 18.9 Å². The van der Waals surface area contributed by atoms with Gasteiger partial charge in [-0.25, -0.2) is 9.97 Å². The van der Waals surface area contributed by atoms with Crippen molar-refractivity contribution in [2.24, 2.45) is 0 Å². The Hall–Kier alpha value is -3.41. The van der Waals surface area contributed by atoms with Gasteiger partial charge in [-0.05, 0) is 23.8 Å². The molecule has 2 N–H and O–H groups in total. The minimum absolute atomic E-state index is 0.124. The normalized spacial score (nSPS) is 10.7. The molecule has 126 valence electrons. The second-order valence-corrected chi connectivity index (χ2v) is 5.31. The van der Waals surface area contributed by atoms with Crippen molar-refractivity contribution >= 4 is 17.8 Å². The largest absolute Gasteiger partial charge is 0.368 e. The predicted octanol–water partition coefficient (Wildman–Crippen LogP) is 2.51. The van der Waals surface area contributed by atoms with Crippen molar-refractivity contribution in [3.8, 4) is 5.82 Å². The van der Waals surface area contributed by atoms with E-state index in [-0.39, 0.29) is 5.91 Å². The Balaban J connectivity index is 1.43. The van der Waals surface area contributed by atoms with Gasteiger partial charge in [0.1, 0.15) is 18.0 Å². The number of anilines is 1. The average molecular weight is 333 g/mol. The van der Waals surface area contributed by atoms with E-state index in [4.69, 9.17) is 0 Å². The van der Waals surface area contributed by atoms with Crippen LogP contribution < -0.4 is 10.6 Å². The summed E-state index contributed by atoms with van der Waals surface area (Å²) in [4.78, 5) is 20.2. The third kappa shape index (κ3) is 5.04. The molecular formula is C19H19N5O. The Bertz CT molecular complexity index is 828. The summed E-state index contributed by atoms with van der Waals surface area (Å²) in [6, 6.07) is 15.4. The van der Waals surface area contributed by atoms with E-state index >= 15 is 0 Å². The van der Waals surface area contributed by atoms with Crippen molar-refractivity contribution in [2.75, 3.05) is 18.4 Å². The van der Waals surface area contributed by atoms with Gasteiger partial charge in [-0.2, -0.15) is 0 Å². The third-order valence-corrected chi connectivity index (χ3v) is 3.48. The zero-order valence-electron chi connectivity index (χ0n) is 13.7. The molecule has 2 heterocycles. The maximum absolute atomic E-state index is 11.8. The van der Waals surface area contributed by atoms with Crippen molar-refractivity contribution in [3.05, 3.63) is 78.9 Å². The zero-order chi connectivity index (χ0) is 17.3. The van der Waals surface area contributed by atoms with E-state index in [9.17, 15) is 4.79 Å². The molecule has 1 amide bonds. The van der Waals surface area contributed by atoms with Crippen LogP contribution in [-0.4, -0.2) is 33.5 Å². The summed E-state index contributed by atoms with van der Waals surface area (Å²) in [6.07, 6.45) is 8.68. The number of aromatic nitrogens is 3. The lowest BCUT2D eigenvalue weighted by Crippen LogP contribution is -2.27. The molecule has 1 aromatic carbocycles. The molecular weight excluding hydrogens is 314 g/mol. The second kappa shape index (κ2) is 8.44. The molecule has 6 nitrogen and oxygen atoms in total. The number of amides is 1. The van der Waals surface area contributed by atoms with Crippen LogP contribution >= 0.6 is 0 Å². The van der Waals surface area contributed by atoms with Crippen LogP contribution in [0.4, 0.5) is 5.82 Å². The highest BCUT2D eigenvalue weighted by Gasteiger charge is 2.00. The van der Waals surface area contributed by atoms with E-state index in [2.05, 4.69) is 20.6 Å². The van der Waals surface area contributed by atoms with Gasteiger partial charge in [-0.3, -0.25) is 4.79 Å². The first-order valence-electron chi connectivity index (χ1n) is 8.01. The second-order valence-electron chi connectivity index (χ2n) is 5.31. The number of nitrogens with zero attached hydrogens (tertiary/aromatic N) is 3. The Morgan fingerprint density at radius 1 is 1.04 bits per heavy atom. The summed E-state index contributed by atoms with van der Waals surface area (Å²) in [5.74, 6) is 1.38. The van der Waals surface area contributed by atoms with E-state index in [1.54, 1.807) is 6.08 Å². The molecule has 25 heavy (non-hydrogen) atoms. The molecule has 0 saturated carbocycles. The molecule has 3 aromatic rings. The quantitative estimate of drug-likeness (QED) is 0.515. The van der Waals surface area contributed by atoms with Gasteiger partial charge in [-0.15, -0.1) is 0 Å². The van der Waals surface area contributed by atoms with Crippen molar-refractivity contribution < 1.29 is 4.79 Å². The minimum Gasteiger partial charge on any atom is -0.368 e. The summed E-state index contributed by atoms with van der Waals surface area (Å²) in [6.45, 7) is 1.08. The maximum atomic E-state index is 11.8. The van der Waals surface area contributed by atoms with Gasteiger partial charge < -0.3 is 15.2 Å². The first kappa shape index (κ1) is 16.4. The van der Waals surface area contributed by atoms with Crippen molar-refractivity contribution in [1.29, 1.82) is 0 Å². The predicted molar refractivity (Wildman–Crippen MR) is 98.3 cm³/mol. The summed E-state index contributed by atoms with van der Waals surface area (Å²) < 4.78 is 1.91. The van der Waals surface area contributed by atoms with Crippen LogP contribution in [-0.2, 0) is 4.79 Å². The van der Waals surface area contributed by atoms with E-state index in [0.717, 1.165) is 11.4 Å².